The lowest BCUT2D eigenvalue weighted by Crippen LogP contribution is -2.24. The fourth-order valence-corrected chi connectivity index (χ4v) is 2.22. The molecular formula is C17H20N2O2. The van der Waals surface area contributed by atoms with Crippen LogP contribution in [0.1, 0.15) is 34.1 Å². The van der Waals surface area contributed by atoms with E-state index in [1.807, 2.05) is 32.0 Å². The molecule has 0 aliphatic rings. The van der Waals surface area contributed by atoms with Gasteiger partial charge in [0.1, 0.15) is 5.75 Å². The van der Waals surface area contributed by atoms with Crippen LogP contribution in [0.5, 0.6) is 5.75 Å². The van der Waals surface area contributed by atoms with Crippen LogP contribution in [0.25, 0.3) is 0 Å². The van der Waals surface area contributed by atoms with Crippen molar-refractivity contribution >= 4 is 5.91 Å². The predicted octanol–water partition coefficient (Wildman–Crippen LogP) is 2.63. The van der Waals surface area contributed by atoms with Crippen molar-refractivity contribution in [1.82, 2.24) is 10.3 Å². The van der Waals surface area contributed by atoms with Crippen LogP contribution >= 0.6 is 0 Å². The lowest BCUT2D eigenvalue weighted by Gasteiger charge is -2.11. The number of aromatic nitrogens is 1. The monoisotopic (exact) mass is 284 g/mol. The largest absolute Gasteiger partial charge is 0.505 e. The van der Waals surface area contributed by atoms with Crippen molar-refractivity contribution in [2.24, 2.45) is 0 Å². The highest BCUT2D eigenvalue weighted by atomic mass is 16.3. The Morgan fingerprint density at radius 1 is 1.24 bits per heavy atom. The van der Waals surface area contributed by atoms with Gasteiger partial charge in [0.25, 0.3) is 5.91 Å². The molecule has 0 unspecified atom stereocenters. The summed E-state index contributed by atoms with van der Waals surface area (Å²) < 4.78 is 0. The first-order valence-corrected chi connectivity index (χ1v) is 7.13. The number of nitrogens with one attached hydrogen (secondary N) is 1. The molecule has 0 fully saturated rings. The Labute approximate surface area is 124 Å². The van der Waals surface area contributed by atoms with E-state index in [9.17, 15) is 9.90 Å². The van der Waals surface area contributed by atoms with Gasteiger partial charge in [0, 0.05) is 12.7 Å². The van der Waals surface area contributed by atoms with Gasteiger partial charge in [-0.3, -0.25) is 4.79 Å². The number of hydrogen-bond acceptors (Lipinski definition) is 3. The Hall–Kier alpha value is -2.36. The molecule has 1 aromatic carbocycles. The maximum atomic E-state index is 11.8. The van der Waals surface area contributed by atoms with E-state index in [0.717, 1.165) is 24.0 Å². The van der Waals surface area contributed by atoms with Crippen LogP contribution in [-0.4, -0.2) is 22.5 Å². The van der Waals surface area contributed by atoms with Gasteiger partial charge in [0.05, 0.1) is 0 Å². The first-order chi connectivity index (χ1) is 10.1. The Balaban J connectivity index is 2.15. The molecule has 0 atom stereocenters. The van der Waals surface area contributed by atoms with Crippen molar-refractivity contribution in [1.29, 1.82) is 0 Å². The van der Waals surface area contributed by atoms with Crippen LogP contribution in [0.3, 0.4) is 0 Å². The third-order valence-corrected chi connectivity index (χ3v) is 3.49. The van der Waals surface area contributed by atoms with Gasteiger partial charge in [-0.25, -0.2) is 4.98 Å². The standard InChI is InChI=1S/C17H20N2O2/c1-3-18-17(21)15-16(20)12(2)14(11-19-15)10-9-13-7-5-4-6-8-13/h4-8,11,20H,3,9-10H2,1-2H3,(H,18,21). The molecule has 4 heteroatoms. The van der Waals surface area contributed by atoms with Crippen LogP contribution in [0.2, 0.25) is 0 Å². The summed E-state index contributed by atoms with van der Waals surface area (Å²) in [6.07, 6.45) is 3.35. The smallest absolute Gasteiger partial charge is 0.273 e. The number of benzene rings is 1. The molecule has 0 bridgehead atoms. The van der Waals surface area contributed by atoms with E-state index in [1.54, 1.807) is 6.20 Å². The van der Waals surface area contributed by atoms with Crippen LogP contribution in [-0.2, 0) is 12.8 Å². The minimum atomic E-state index is -0.340. The summed E-state index contributed by atoms with van der Waals surface area (Å²) in [4.78, 5) is 15.9. The van der Waals surface area contributed by atoms with Crippen LogP contribution in [0.15, 0.2) is 36.5 Å². The second kappa shape index (κ2) is 6.88. The number of carbonyl (C=O) groups is 1. The van der Waals surface area contributed by atoms with Crippen molar-refractivity contribution in [2.75, 3.05) is 6.54 Å². The highest BCUT2D eigenvalue weighted by molar-refractivity contribution is 5.95. The zero-order chi connectivity index (χ0) is 15.2. The van der Waals surface area contributed by atoms with E-state index >= 15 is 0 Å². The van der Waals surface area contributed by atoms with Gasteiger partial charge in [0.15, 0.2) is 5.69 Å². The summed E-state index contributed by atoms with van der Waals surface area (Å²) in [5, 5.41) is 12.8. The Morgan fingerprint density at radius 3 is 2.62 bits per heavy atom. The number of amides is 1. The maximum absolute atomic E-state index is 11.8. The normalized spacial score (nSPS) is 10.4. The molecule has 1 aromatic heterocycles. The van der Waals surface area contributed by atoms with Crippen LogP contribution in [0.4, 0.5) is 0 Å². The van der Waals surface area contributed by atoms with E-state index in [1.165, 1.54) is 5.56 Å². The lowest BCUT2D eigenvalue weighted by atomic mass is 10.0. The van der Waals surface area contributed by atoms with E-state index < -0.39 is 0 Å². The molecule has 2 aromatic rings. The van der Waals surface area contributed by atoms with E-state index in [4.69, 9.17) is 0 Å². The van der Waals surface area contributed by atoms with Crippen molar-refractivity contribution in [3.63, 3.8) is 0 Å². The summed E-state index contributed by atoms with van der Waals surface area (Å²) in [7, 11) is 0. The quantitative estimate of drug-likeness (QED) is 0.887. The fraction of sp³-hybridized carbons (Fsp3) is 0.294. The first kappa shape index (κ1) is 15.0. The second-order valence-electron chi connectivity index (χ2n) is 4.95. The molecule has 21 heavy (non-hydrogen) atoms. The molecule has 0 aliphatic carbocycles. The topological polar surface area (TPSA) is 62.2 Å². The average Bonchev–Trinajstić information content (AvgIpc) is 2.50. The molecular weight excluding hydrogens is 264 g/mol. The maximum Gasteiger partial charge on any atom is 0.273 e. The number of nitrogens with zero attached hydrogens (tertiary/aromatic N) is 1. The minimum absolute atomic E-state index is 0.0217. The second-order valence-corrected chi connectivity index (χ2v) is 4.95. The number of rotatable bonds is 5. The Bertz CT molecular complexity index is 624. The number of aryl methyl sites for hydroxylation is 2. The number of carbonyl (C=O) groups excluding carboxylic acids is 1. The molecule has 110 valence electrons. The minimum Gasteiger partial charge on any atom is -0.505 e. The molecule has 0 saturated heterocycles. The van der Waals surface area contributed by atoms with Crippen molar-refractivity contribution < 1.29 is 9.90 Å². The Kier molecular flexibility index (Phi) is 4.93. The molecule has 1 amide bonds. The van der Waals surface area contributed by atoms with Gasteiger partial charge in [-0.05, 0) is 43.4 Å². The summed E-state index contributed by atoms with van der Waals surface area (Å²) >= 11 is 0. The molecule has 0 aliphatic heterocycles. The zero-order valence-corrected chi connectivity index (χ0v) is 12.4. The lowest BCUT2D eigenvalue weighted by molar-refractivity contribution is 0.0947. The summed E-state index contributed by atoms with van der Waals surface area (Å²) in [5.74, 6) is -0.362. The molecule has 0 spiro atoms. The summed E-state index contributed by atoms with van der Waals surface area (Å²) in [6.45, 7) is 4.16. The zero-order valence-electron chi connectivity index (χ0n) is 12.4. The Morgan fingerprint density at radius 2 is 1.95 bits per heavy atom. The van der Waals surface area contributed by atoms with Gasteiger partial charge < -0.3 is 10.4 Å². The summed E-state index contributed by atoms with van der Waals surface area (Å²) in [6, 6.07) is 10.2. The number of pyridine rings is 1. The van der Waals surface area contributed by atoms with E-state index in [2.05, 4.69) is 22.4 Å². The van der Waals surface area contributed by atoms with Gasteiger partial charge in [-0.15, -0.1) is 0 Å². The van der Waals surface area contributed by atoms with Gasteiger partial charge in [-0.1, -0.05) is 30.3 Å². The first-order valence-electron chi connectivity index (χ1n) is 7.13. The third kappa shape index (κ3) is 3.60. The van der Waals surface area contributed by atoms with Crippen molar-refractivity contribution in [3.05, 3.63) is 58.9 Å². The molecule has 2 N–H and O–H groups in total. The van der Waals surface area contributed by atoms with Gasteiger partial charge >= 0.3 is 0 Å². The average molecular weight is 284 g/mol. The van der Waals surface area contributed by atoms with Crippen molar-refractivity contribution in [3.8, 4) is 5.75 Å². The molecule has 2 rings (SSSR count). The van der Waals surface area contributed by atoms with Crippen LogP contribution < -0.4 is 5.32 Å². The molecule has 4 nitrogen and oxygen atoms in total. The highest BCUT2D eigenvalue weighted by Crippen LogP contribution is 2.24. The highest BCUT2D eigenvalue weighted by Gasteiger charge is 2.16. The fourth-order valence-electron chi connectivity index (χ4n) is 2.22. The van der Waals surface area contributed by atoms with Gasteiger partial charge in [0.2, 0.25) is 0 Å². The number of aromatic hydroxyl groups is 1. The third-order valence-electron chi connectivity index (χ3n) is 3.49. The predicted molar refractivity (Wildman–Crippen MR) is 82.5 cm³/mol. The SMILES string of the molecule is CCNC(=O)c1ncc(CCc2ccccc2)c(C)c1O. The van der Waals surface area contributed by atoms with E-state index in [0.29, 0.717) is 6.54 Å². The molecule has 0 saturated carbocycles. The van der Waals surface area contributed by atoms with Crippen LogP contribution in [0, 0.1) is 6.92 Å². The van der Waals surface area contributed by atoms with E-state index in [-0.39, 0.29) is 17.4 Å². The van der Waals surface area contributed by atoms with Crippen molar-refractivity contribution in [2.45, 2.75) is 26.7 Å². The van der Waals surface area contributed by atoms with Gasteiger partial charge in [-0.2, -0.15) is 0 Å². The molecule has 0 radical (unpaired) electrons. The number of hydrogen-bond donors (Lipinski definition) is 2. The summed E-state index contributed by atoms with van der Waals surface area (Å²) in [5.41, 5.74) is 3.02. The molecule has 1 heterocycles.